The van der Waals surface area contributed by atoms with Crippen LogP contribution in [0.3, 0.4) is 0 Å². The van der Waals surface area contributed by atoms with E-state index in [0.29, 0.717) is 6.42 Å². The van der Waals surface area contributed by atoms with Gasteiger partial charge in [-0.25, -0.2) is 4.79 Å². The molecule has 1 aliphatic rings. The molecule has 0 amide bonds. The van der Waals surface area contributed by atoms with Crippen molar-refractivity contribution in [3.63, 3.8) is 0 Å². The number of hydrogen-bond donors (Lipinski definition) is 1. The number of carboxylic acids is 1. The monoisotopic (exact) mass is 217 g/mol. The Hall–Kier alpha value is -1.77. The Bertz CT molecular complexity index is 400. The molecule has 1 heterocycles. The summed E-state index contributed by atoms with van der Waals surface area (Å²) in [5.41, 5.74) is 1.81. The van der Waals surface area contributed by atoms with Gasteiger partial charge in [0.15, 0.2) is 0 Å². The molecule has 0 aliphatic carbocycles. The van der Waals surface area contributed by atoms with Crippen molar-refractivity contribution in [1.29, 1.82) is 0 Å². The Balaban J connectivity index is 2.19. The van der Waals surface area contributed by atoms with Gasteiger partial charge in [0.1, 0.15) is 6.04 Å². The minimum Gasteiger partial charge on any atom is -0.480 e. The summed E-state index contributed by atoms with van der Waals surface area (Å²) >= 11 is 0. The highest BCUT2D eigenvalue weighted by atomic mass is 16.4. The van der Waals surface area contributed by atoms with Gasteiger partial charge < -0.3 is 10.0 Å². The van der Waals surface area contributed by atoms with Crippen molar-refractivity contribution in [3.8, 4) is 0 Å². The molecule has 1 aliphatic heterocycles. The molecule has 2 rings (SSSR count). The first-order valence-corrected chi connectivity index (χ1v) is 5.44. The van der Waals surface area contributed by atoms with E-state index >= 15 is 0 Å². The lowest BCUT2D eigenvalue weighted by Crippen LogP contribution is -2.34. The van der Waals surface area contributed by atoms with Crippen molar-refractivity contribution >= 4 is 11.7 Å². The van der Waals surface area contributed by atoms with E-state index in [2.05, 4.69) is 6.58 Å². The summed E-state index contributed by atoms with van der Waals surface area (Å²) in [6, 6.07) is 9.32. The normalized spacial score (nSPS) is 19.8. The van der Waals surface area contributed by atoms with Gasteiger partial charge in [-0.05, 0) is 18.4 Å². The molecule has 3 heteroatoms. The zero-order chi connectivity index (χ0) is 11.5. The predicted octanol–water partition coefficient (Wildman–Crippen LogP) is 2.21. The summed E-state index contributed by atoms with van der Waals surface area (Å²) in [5, 5.41) is 9.10. The number of benzene rings is 1. The standard InChI is InChI=1S/C13H15NO2/c1-10(11-6-3-2-4-7-11)14-9-5-8-12(14)13(15)16/h2-4,6-7,12H,1,5,8-9H2,(H,15,16)/t12-/m0/s1. The number of aliphatic carboxylic acids is 1. The van der Waals surface area contributed by atoms with E-state index in [1.54, 1.807) is 0 Å². The minimum absolute atomic E-state index is 0.410. The average Bonchev–Trinajstić information content (AvgIpc) is 2.78. The van der Waals surface area contributed by atoms with Gasteiger partial charge in [-0.15, -0.1) is 0 Å². The van der Waals surface area contributed by atoms with Crippen molar-refractivity contribution in [3.05, 3.63) is 42.5 Å². The van der Waals surface area contributed by atoms with Crippen molar-refractivity contribution < 1.29 is 9.90 Å². The van der Waals surface area contributed by atoms with Gasteiger partial charge in [-0.3, -0.25) is 0 Å². The third-order valence-electron chi connectivity index (χ3n) is 2.99. The first-order chi connectivity index (χ1) is 7.70. The van der Waals surface area contributed by atoms with Crippen molar-refractivity contribution in [2.45, 2.75) is 18.9 Å². The number of hydrogen-bond acceptors (Lipinski definition) is 2. The van der Waals surface area contributed by atoms with E-state index in [1.807, 2.05) is 35.2 Å². The molecule has 1 fully saturated rings. The van der Waals surface area contributed by atoms with Crippen LogP contribution in [0.5, 0.6) is 0 Å². The average molecular weight is 217 g/mol. The van der Waals surface area contributed by atoms with Crippen LogP contribution < -0.4 is 0 Å². The molecule has 1 N–H and O–H groups in total. The van der Waals surface area contributed by atoms with Crippen molar-refractivity contribution in [2.24, 2.45) is 0 Å². The van der Waals surface area contributed by atoms with Crippen LogP contribution in [-0.4, -0.2) is 28.6 Å². The topological polar surface area (TPSA) is 40.5 Å². The van der Waals surface area contributed by atoms with E-state index in [4.69, 9.17) is 5.11 Å². The van der Waals surface area contributed by atoms with Gasteiger partial charge in [0.2, 0.25) is 0 Å². The maximum absolute atomic E-state index is 11.1. The first-order valence-electron chi connectivity index (χ1n) is 5.44. The fourth-order valence-electron chi connectivity index (χ4n) is 2.14. The van der Waals surface area contributed by atoms with Gasteiger partial charge >= 0.3 is 5.97 Å². The van der Waals surface area contributed by atoms with Crippen LogP contribution in [0.15, 0.2) is 36.9 Å². The molecule has 1 atom stereocenters. The summed E-state index contributed by atoms with van der Waals surface area (Å²) in [7, 11) is 0. The third-order valence-corrected chi connectivity index (χ3v) is 2.99. The lowest BCUT2D eigenvalue weighted by molar-refractivity contribution is -0.141. The molecule has 1 saturated heterocycles. The van der Waals surface area contributed by atoms with Crippen LogP contribution in [-0.2, 0) is 4.79 Å². The minimum atomic E-state index is -0.755. The lowest BCUT2D eigenvalue weighted by atomic mass is 10.1. The summed E-state index contributed by atoms with van der Waals surface area (Å²) in [6.07, 6.45) is 1.63. The number of likely N-dealkylation sites (tertiary alicyclic amines) is 1. The van der Waals surface area contributed by atoms with E-state index in [0.717, 1.165) is 24.2 Å². The lowest BCUT2D eigenvalue weighted by Gasteiger charge is -2.25. The van der Waals surface area contributed by atoms with Gasteiger partial charge in [0.05, 0.1) is 0 Å². The molecule has 0 saturated carbocycles. The zero-order valence-electron chi connectivity index (χ0n) is 9.10. The Labute approximate surface area is 95.0 Å². The van der Waals surface area contributed by atoms with Gasteiger partial charge in [-0.2, -0.15) is 0 Å². The van der Waals surface area contributed by atoms with Crippen LogP contribution in [0.4, 0.5) is 0 Å². The molecular formula is C13H15NO2. The van der Waals surface area contributed by atoms with E-state index in [1.165, 1.54) is 0 Å². The molecule has 0 unspecified atom stereocenters. The Morgan fingerprint density at radius 1 is 1.38 bits per heavy atom. The second kappa shape index (κ2) is 4.39. The Kier molecular flexibility index (Phi) is 2.95. The van der Waals surface area contributed by atoms with Crippen LogP contribution in [0.2, 0.25) is 0 Å². The highest BCUT2D eigenvalue weighted by molar-refractivity contribution is 5.77. The largest absolute Gasteiger partial charge is 0.480 e. The molecule has 0 radical (unpaired) electrons. The highest BCUT2D eigenvalue weighted by Gasteiger charge is 2.31. The van der Waals surface area contributed by atoms with Gasteiger partial charge in [-0.1, -0.05) is 36.9 Å². The molecule has 0 spiro atoms. The quantitative estimate of drug-likeness (QED) is 0.843. The zero-order valence-corrected chi connectivity index (χ0v) is 9.10. The predicted molar refractivity (Wildman–Crippen MR) is 62.8 cm³/mol. The van der Waals surface area contributed by atoms with Crippen LogP contribution in [0, 0.1) is 0 Å². The molecule has 1 aromatic rings. The molecule has 84 valence electrons. The fraction of sp³-hybridized carbons (Fsp3) is 0.308. The molecule has 0 bridgehead atoms. The van der Waals surface area contributed by atoms with Gasteiger partial charge in [0, 0.05) is 12.2 Å². The summed E-state index contributed by atoms with van der Waals surface area (Å²) in [4.78, 5) is 13.0. The summed E-state index contributed by atoms with van der Waals surface area (Å²) in [6.45, 7) is 4.78. The number of nitrogens with zero attached hydrogens (tertiary/aromatic N) is 1. The third kappa shape index (κ3) is 1.94. The van der Waals surface area contributed by atoms with E-state index < -0.39 is 12.0 Å². The second-order valence-electron chi connectivity index (χ2n) is 4.00. The Morgan fingerprint density at radius 3 is 2.69 bits per heavy atom. The molecule has 1 aromatic carbocycles. The van der Waals surface area contributed by atoms with Crippen molar-refractivity contribution in [1.82, 2.24) is 4.90 Å². The fourth-order valence-corrected chi connectivity index (χ4v) is 2.14. The van der Waals surface area contributed by atoms with Gasteiger partial charge in [0.25, 0.3) is 0 Å². The number of carboxylic acid groups (broad SMARTS) is 1. The SMILES string of the molecule is C=C(c1ccccc1)N1CCC[C@H]1C(=O)O. The van der Waals surface area contributed by atoms with Crippen LogP contribution in [0.1, 0.15) is 18.4 Å². The highest BCUT2D eigenvalue weighted by Crippen LogP contribution is 2.27. The van der Waals surface area contributed by atoms with Crippen molar-refractivity contribution in [2.75, 3.05) is 6.54 Å². The molecule has 0 aromatic heterocycles. The van der Waals surface area contributed by atoms with E-state index in [9.17, 15) is 4.79 Å². The maximum atomic E-state index is 11.1. The first kappa shape index (κ1) is 10.7. The van der Waals surface area contributed by atoms with E-state index in [-0.39, 0.29) is 0 Å². The molecule has 16 heavy (non-hydrogen) atoms. The maximum Gasteiger partial charge on any atom is 0.326 e. The summed E-state index contributed by atoms with van der Waals surface area (Å²) < 4.78 is 0. The number of carbonyl (C=O) groups is 1. The molecular weight excluding hydrogens is 202 g/mol. The smallest absolute Gasteiger partial charge is 0.326 e. The molecule has 3 nitrogen and oxygen atoms in total. The number of rotatable bonds is 3. The Morgan fingerprint density at radius 2 is 2.06 bits per heavy atom. The van der Waals surface area contributed by atoms with Crippen LogP contribution >= 0.6 is 0 Å². The second-order valence-corrected chi connectivity index (χ2v) is 4.00. The van der Waals surface area contributed by atoms with Crippen LogP contribution in [0.25, 0.3) is 5.70 Å². The summed E-state index contributed by atoms with van der Waals surface area (Å²) in [5.74, 6) is -0.755.